The van der Waals surface area contributed by atoms with Crippen molar-refractivity contribution in [3.05, 3.63) is 38.9 Å². The van der Waals surface area contributed by atoms with Gasteiger partial charge in [0.25, 0.3) is 5.69 Å². The smallest absolute Gasteiger partial charge is 0.275 e. The van der Waals surface area contributed by atoms with Gasteiger partial charge in [-0.15, -0.1) is 6.42 Å². The molecule has 0 aliphatic carbocycles. The van der Waals surface area contributed by atoms with Gasteiger partial charge in [-0.3, -0.25) is 15.4 Å². The van der Waals surface area contributed by atoms with Gasteiger partial charge in [0.05, 0.1) is 21.6 Å². The molecule has 0 saturated heterocycles. The summed E-state index contributed by atoms with van der Waals surface area (Å²) in [6.45, 7) is 2.07. The molecular formula is C11H11ClN2O2. The van der Waals surface area contributed by atoms with Crippen molar-refractivity contribution in [1.82, 2.24) is 5.32 Å². The highest BCUT2D eigenvalue weighted by molar-refractivity contribution is 6.31. The average molecular weight is 239 g/mol. The van der Waals surface area contributed by atoms with Crippen LogP contribution in [0.2, 0.25) is 5.02 Å². The Kier molecular flexibility index (Phi) is 4.29. The molecule has 1 N–H and O–H groups in total. The Balaban J connectivity index is 2.94. The fourth-order valence-corrected chi connectivity index (χ4v) is 1.44. The Morgan fingerprint density at radius 2 is 2.38 bits per heavy atom. The molecule has 0 heterocycles. The molecule has 84 valence electrons. The lowest BCUT2D eigenvalue weighted by Crippen LogP contribution is -2.24. The second kappa shape index (κ2) is 5.50. The van der Waals surface area contributed by atoms with E-state index in [2.05, 4.69) is 11.2 Å². The second-order valence-electron chi connectivity index (χ2n) is 3.26. The predicted octanol–water partition coefficient (Wildman–Crippen LogP) is 2.36. The number of rotatable bonds is 4. The lowest BCUT2D eigenvalue weighted by atomic mass is 10.1. The van der Waals surface area contributed by atoms with Crippen LogP contribution in [0.25, 0.3) is 0 Å². The van der Waals surface area contributed by atoms with Crippen molar-refractivity contribution in [2.45, 2.75) is 19.5 Å². The molecule has 1 rings (SSSR count). The highest BCUT2D eigenvalue weighted by Crippen LogP contribution is 2.25. The average Bonchev–Trinajstić information content (AvgIpc) is 2.26. The van der Waals surface area contributed by atoms with Crippen LogP contribution in [0.1, 0.15) is 12.5 Å². The first kappa shape index (κ1) is 12.5. The summed E-state index contributed by atoms with van der Waals surface area (Å²) in [5.41, 5.74) is 0.459. The lowest BCUT2D eigenvalue weighted by Gasteiger charge is -2.09. The first-order valence-corrected chi connectivity index (χ1v) is 5.05. The molecule has 0 bridgehead atoms. The molecule has 1 aromatic rings. The van der Waals surface area contributed by atoms with Crippen molar-refractivity contribution in [1.29, 1.82) is 0 Å². The van der Waals surface area contributed by atoms with Crippen LogP contribution in [0.5, 0.6) is 0 Å². The van der Waals surface area contributed by atoms with E-state index >= 15 is 0 Å². The van der Waals surface area contributed by atoms with Crippen molar-refractivity contribution in [3.8, 4) is 12.3 Å². The molecule has 0 spiro atoms. The third kappa shape index (κ3) is 2.96. The monoisotopic (exact) mass is 238 g/mol. The van der Waals surface area contributed by atoms with Gasteiger partial charge in [-0.25, -0.2) is 0 Å². The number of halogens is 1. The minimum absolute atomic E-state index is 0.00391. The Hall–Kier alpha value is -1.57. The zero-order valence-electron chi connectivity index (χ0n) is 8.74. The molecule has 0 amide bonds. The molecule has 0 aliphatic rings. The van der Waals surface area contributed by atoms with Crippen LogP contribution in [0, 0.1) is 22.5 Å². The summed E-state index contributed by atoms with van der Waals surface area (Å²) >= 11 is 5.90. The Bertz CT molecular complexity index is 440. The van der Waals surface area contributed by atoms with Gasteiger partial charge < -0.3 is 0 Å². The van der Waals surface area contributed by atoms with Crippen LogP contribution < -0.4 is 5.32 Å². The summed E-state index contributed by atoms with van der Waals surface area (Å²) in [4.78, 5) is 10.3. The van der Waals surface area contributed by atoms with Crippen LogP contribution in [-0.4, -0.2) is 11.0 Å². The van der Waals surface area contributed by atoms with Gasteiger partial charge in [0.15, 0.2) is 0 Å². The second-order valence-corrected chi connectivity index (χ2v) is 3.67. The van der Waals surface area contributed by atoms with Crippen LogP contribution in [0.15, 0.2) is 18.2 Å². The summed E-state index contributed by atoms with van der Waals surface area (Å²) in [6.07, 6.45) is 5.19. The molecule has 16 heavy (non-hydrogen) atoms. The van der Waals surface area contributed by atoms with Gasteiger partial charge in [0.1, 0.15) is 0 Å². The zero-order valence-corrected chi connectivity index (χ0v) is 9.49. The van der Waals surface area contributed by atoms with E-state index < -0.39 is 4.92 Å². The number of nitro groups is 1. The molecule has 1 unspecified atom stereocenters. The van der Waals surface area contributed by atoms with E-state index in [1.807, 2.05) is 0 Å². The molecule has 0 aliphatic heterocycles. The van der Waals surface area contributed by atoms with Crippen molar-refractivity contribution in [3.63, 3.8) is 0 Å². The largest absolute Gasteiger partial charge is 0.299 e. The summed E-state index contributed by atoms with van der Waals surface area (Å²) in [6, 6.07) is 4.43. The molecule has 1 aromatic carbocycles. The van der Waals surface area contributed by atoms with Crippen molar-refractivity contribution >= 4 is 17.3 Å². The fourth-order valence-electron chi connectivity index (χ4n) is 1.21. The van der Waals surface area contributed by atoms with Crippen molar-refractivity contribution < 1.29 is 4.92 Å². The van der Waals surface area contributed by atoms with E-state index in [0.29, 0.717) is 10.6 Å². The third-order valence-corrected chi connectivity index (χ3v) is 2.48. The third-order valence-electron chi connectivity index (χ3n) is 2.13. The van der Waals surface area contributed by atoms with Gasteiger partial charge in [-0.05, 0) is 13.0 Å². The summed E-state index contributed by atoms with van der Waals surface area (Å²) in [7, 11) is 0. The van der Waals surface area contributed by atoms with E-state index in [-0.39, 0.29) is 18.3 Å². The topological polar surface area (TPSA) is 55.2 Å². The number of hydrogen-bond acceptors (Lipinski definition) is 3. The standard InChI is InChI=1S/C11H11ClN2O2/c1-3-8(2)13-7-9-10(12)5-4-6-11(9)14(15)16/h1,4-6,8,13H,7H2,2H3. The Labute approximate surface area is 98.8 Å². The van der Waals surface area contributed by atoms with E-state index in [9.17, 15) is 10.1 Å². The predicted molar refractivity (Wildman–Crippen MR) is 63.2 cm³/mol. The number of benzene rings is 1. The quantitative estimate of drug-likeness (QED) is 0.498. The maximum Gasteiger partial charge on any atom is 0.275 e. The lowest BCUT2D eigenvalue weighted by molar-refractivity contribution is -0.385. The molecule has 0 aromatic heterocycles. The highest BCUT2D eigenvalue weighted by atomic mass is 35.5. The normalized spacial score (nSPS) is 11.8. The maximum atomic E-state index is 10.8. The van der Waals surface area contributed by atoms with Gasteiger partial charge in [-0.2, -0.15) is 0 Å². The first-order chi connectivity index (χ1) is 7.56. The van der Waals surface area contributed by atoms with Gasteiger partial charge in [0, 0.05) is 12.6 Å². The number of terminal acetylenes is 1. The highest BCUT2D eigenvalue weighted by Gasteiger charge is 2.16. The van der Waals surface area contributed by atoms with Crippen LogP contribution in [0.4, 0.5) is 5.69 Å². The summed E-state index contributed by atoms with van der Waals surface area (Å²) in [5, 5.41) is 14.1. The van der Waals surface area contributed by atoms with Gasteiger partial charge in [0.2, 0.25) is 0 Å². The molecule has 5 heteroatoms. The van der Waals surface area contributed by atoms with E-state index in [1.165, 1.54) is 6.07 Å². The van der Waals surface area contributed by atoms with Gasteiger partial charge >= 0.3 is 0 Å². The van der Waals surface area contributed by atoms with Crippen molar-refractivity contribution in [2.24, 2.45) is 0 Å². The summed E-state index contributed by atoms with van der Waals surface area (Å²) < 4.78 is 0. The molecule has 1 atom stereocenters. The molecular weight excluding hydrogens is 228 g/mol. The van der Waals surface area contributed by atoms with Crippen LogP contribution in [-0.2, 0) is 6.54 Å². The SMILES string of the molecule is C#CC(C)NCc1c(Cl)cccc1[N+](=O)[O-]. The van der Waals surface area contributed by atoms with Gasteiger partial charge in [-0.1, -0.05) is 23.6 Å². The number of nitrogens with one attached hydrogen (secondary N) is 1. The zero-order chi connectivity index (χ0) is 12.1. The maximum absolute atomic E-state index is 10.8. The molecule has 0 radical (unpaired) electrons. The molecule has 0 saturated carbocycles. The summed E-state index contributed by atoms with van der Waals surface area (Å²) in [5.74, 6) is 2.48. The number of hydrogen-bond donors (Lipinski definition) is 1. The number of nitrogens with zero attached hydrogens (tertiary/aromatic N) is 1. The van der Waals surface area contributed by atoms with E-state index in [1.54, 1.807) is 19.1 Å². The van der Waals surface area contributed by atoms with E-state index in [4.69, 9.17) is 18.0 Å². The minimum atomic E-state index is -0.455. The Morgan fingerprint density at radius 1 is 1.69 bits per heavy atom. The van der Waals surface area contributed by atoms with Crippen LogP contribution >= 0.6 is 11.6 Å². The fraction of sp³-hybridized carbons (Fsp3) is 0.273. The Morgan fingerprint density at radius 3 is 2.94 bits per heavy atom. The minimum Gasteiger partial charge on any atom is -0.299 e. The first-order valence-electron chi connectivity index (χ1n) is 4.67. The molecule has 0 fully saturated rings. The molecule has 4 nitrogen and oxygen atoms in total. The van der Waals surface area contributed by atoms with Crippen molar-refractivity contribution in [2.75, 3.05) is 0 Å². The van der Waals surface area contributed by atoms with E-state index in [0.717, 1.165) is 0 Å². The van der Waals surface area contributed by atoms with Crippen LogP contribution in [0.3, 0.4) is 0 Å². The number of nitro benzene ring substituents is 1.